The molecule has 26 heavy (non-hydrogen) atoms. The van der Waals surface area contributed by atoms with Gasteiger partial charge in [0.1, 0.15) is 11.5 Å². The molecular weight excluding hydrogens is 372 g/mol. The predicted molar refractivity (Wildman–Crippen MR) is 102 cm³/mol. The summed E-state index contributed by atoms with van der Waals surface area (Å²) in [5.41, 5.74) is 0.692. The number of sulfonamides is 1. The van der Waals surface area contributed by atoms with E-state index in [1.807, 2.05) is 36.4 Å². The number of para-hydroxylation sites is 1. The highest BCUT2D eigenvalue weighted by Gasteiger charge is 2.11. The molecule has 0 aliphatic heterocycles. The molecule has 3 aromatic carbocycles. The lowest BCUT2D eigenvalue weighted by Gasteiger charge is -2.06. The van der Waals surface area contributed by atoms with Crippen LogP contribution in [0.1, 0.15) is 5.56 Å². The zero-order valence-electron chi connectivity index (χ0n) is 13.5. The summed E-state index contributed by atoms with van der Waals surface area (Å²) in [6.07, 6.45) is 1.41. The first kappa shape index (κ1) is 18.0. The van der Waals surface area contributed by atoms with Crippen LogP contribution in [0.3, 0.4) is 0 Å². The number of hydrogen-bond acceptors (Lipinski definition) is 4. The van der Waals surface area contributed by atoms with E-state index >= 15 is 0 Å². The number of hydrogen-bond donors (Lipinski definition) is 1. The number of benzene rings is 3. The molecule has 0 fully saturated rings. The normalized spacial score (nSPS) is 11.4. The van der Waals surface area contributed by atoms with Gasteiger partial charge < -0.3 is 4.74 Å². The van der Waals surface area contributed by atoms with Gasteiger partial charge in [0, 0.05) is 5.02 Å². The van der Waals surface area contributed by atoms with E-state index < -0.39 is 10.0 Å². The number of halogens is 1. The molecule has 0 radical (unpaired) electrons. The smallest absolute Gasteiger partial charge is 0.276 e. The Morgan fingerprint density at radius 3 is 2.31 bits per heavy atom. The van der Waals surface area contributed by atoms with Gasteiger partial charge in [-0.05, 0) is 54.1 Å². The molecule has 0 atom stereocenters. The molecule has 0 saturated heterocycles. The third-order valence-electron chi connectivity index (χ3n) is 3.35. The molecule has 0 aliphatic rings. The second-order valence-corrected chi connectivity index (χ2v) is 7.39. The van der Waals surface area contributed by atoms with Gasteiger partial charge in [0.25, 0.3) is 10.0 Å². The molecule has 0 amide bonds. The molecule has 0 aliphatic carbocycles. The van der Waals surface area contributed by atoms with Crippen molar-refractivity contribution in [3.8, 4) is 11.5 Å². The van der Waals surface area contributed by atoms with Gasteiger partial charge in [-0.3, -0.25) is 0 Å². The molecule has 0 spiro atoms. The fourth-order valence-electron chi connectivity index (χ4n) is 2.12. The Kier molecular flexibility index (Phi) is 5.55. The summed E-state index contributed by atoms with van der Waals surface area (Å²) >= 11 is 5.76. The SMILES string of the molecule is O=S(=O)(N/N=C/c1cccc(Oc2ccccc2)c1)c1ccc(Cl)cc1. The van der Waals surface area contributed by atoms with Crippen LogP contribution in [0.2, 0.25) is 5.02 Å². The third-order valence-corrected chi connectivity index (χ3v) is 4.84. The maximum Gasteiger partial charge on any atom is 0.276 e. The second-order valence-electron chi connectivity index (χ2n) is 5.29. The molecule has 132 valence electrons. The lowest BCUT2D eigenvalue weighted by Crippen LogP contribution is -2.18. The summed E-state index contributed by atoms with van der Waals surface area (Å²) in [6, 6.07) is 22.3. The van der Waals surface area contributed by atoms with Gasteiger partial charge in [-0.25, -0.2) is 4.83 Å². The van der Waals surface area contributed by atoms with Gasteiger partial charge in [0.2, 0.25) is 0 Å². The highest BCUT2D eigenvalue weighted by molar-refractivity contribution is 7.89. The number of nitrogens with zero attached hydrogens (tertiary/aromatic N) is 1. The van der Waals surface area contributed by atoms with Gasteiger partial charge in [0.05, 0.1) is 11.1 Å². The van der Waals surface area contributed by atoms with Crippen LogP contribution < -0.4 is 9.57 Å². The molecule has 3 aromatic rings. The van der Waals surface area contributed by atoms with Crippen molar-refractivity contribution in [3.63, 3.8) is 0 Å². The second kappa shape index (κ2) is 8.03. The van der Waals surface area contributed by atoms with Crippen LogP contribution in [0.5, 0.6) is 11.5 Å². The van der Waals surface area contributed by atoms with Gasteiger partial charge in [-0.2, -0.15) is 13.5 Å². The summed E-state index contributed by atoms with van der Waals surface area (Å²) in [7, 11) is -3.74. The number of hydrazone groups is 1. The van der Waals surface area contributed by atoms with Crippen molar-refractivity contribution in [1.29, 1.82) is 0 Å². The molecule has 7 heteroatoms. The Balaban J connectivity index is 1.68. The quantitative estimate of drug-likeness (QED) is 0.503. The number of rotatable bonds is 6. The lowest BCUT2D eigenvalue weighted by atomic mass is 10.2. The average molecular weight is 387 g/mol. The first-order valence-electron chi connectivity index (χ1n) is 7.66. The van der Waals surface area contributed by atoms with Crippen LogP contribution in [-0.4, -0.2) is 14.6 Å². The van der Waals surface area contributed by atoms with Crippen molar-refractivity contribution in [1.82, 2.24) is 4.83 Å². The van der Waals surface area contributed by atoms with E-state index in [4.69, 9.17) is 16.3 Å². The number of nitrogens with one attached hydrogen (secondary N) is 1. The molecule has 0 aromatic heterocycles. The van der Waals surface area contributed by atoms with Crippen LogP contribution >= 0.6 is 11.6 Å². The molecule has 0 bridgehead atoms. The average Bonchev–Trinajstić information content (AvgIpc) is 2.63. The fourth-order valence-corrected chi connectivity index (χ4v) is 3.04. The Labute approximate surface area is 157 Å². The van der Waals surface area contributed by atoms with Crippen LogP contribution in [0.15, 0.2) is 88.9 Å². The first-order valence-corrected chi connectivity index (χ1v) is 9.52. The number of ether oxygens (including phenoxy) is 1. The van der Waals surface area contributed by atoms with Crippen molar-refractivity contribution in [2.75, 3.05) is 0 Å². The van der Waals surface area contributed by atoms with Crippen LogP contribution in [-0.2, 0) is 10.0 Å². The van der Waals surface area contributed by atoms with Gasteiger partial charge >= 0.3 is 0 Å². The Bertz CT molecular complexity index is 1000. The van der Waals surface area contributed by atoms with Gasteiger partial charge in [-0.15, -0.1) is 0 Å². The molecular formula is C19H15ClN2O3S. The maximum absolute atomic E-state index is 12.1. The van der Waals surface area contributed by atoms with Crippen LogP contribution in [0.4, 0.5) is 0 Å². The molecule has 1 N–H and O–H groups in total. The van der Waals surface area contributed by atoms with Crippen molar-refractivity contribution in [3.05, 3.63) is 89.4 Å². The van der Waals surface area contributed by atoms with E-state index in [9.17, 15) is 8.42 Å². The molecule has 0 saturated carbocycles. The van der Waals surface area contributed by atoms with Crippen molar-refractivity contribution in [2.45, 2.75) is 4.90 Å². The van der Waals surface area contributed by atoms with E-state index in [-0.39, 0.29) is 4.90 Å². The summed E-state index contributed by atoms with van der Waals surface area (Å²) in [5.74, 6) is 1.34. The molecule has 0 heterocycles. The van der Waals surface area contributed by atoms with E-state index in [2.05, 4.69) is 9.93 Å². The summed E-state index contributed by atoms with van der Waals surface area (Å²) in [4.78, 5) is 2.25. The lowest BCUT2D eigenvalue weighted by molar-refractivity contribution is 0.482. The van der Waals surface area contributed by atoms with Gasteiger partial charge in [0.15, 0.2) is 0 Å². The zero-order chi connectivity index (χ0) is 18.4. The monoisotopic (exact) mass is 386 g/mol. The largest absolute Gasteiger partial charge is 0.457 e. The first-order chi connectivity index (χ1) is 12.5. The highest BCUT2D eigenvalue weighted by atomic mass is 35.5. The summed E-state index contributed by atoms with van der Waals surface area (Å²) < 4.78 is 30.0. The summed E-state index contributed by atoms with van der Waals surface area (Å²) in [5, 5.41) is 4.27. The molecule has 3 rings (SSSR count). The Morgan fingerprint density at radius 1 is 0.885 bits per heavy atom. The minimum atomic E-state index is -3.74. The highest BCUT2D eigenvalue weighted by Crippen LogP contribution is 2.21. The molecule has 5 nitrogen and oxygen atoms in total. The third kappa shape index (κ3) is 4.84. The maximum atomic E-state index is 12.1. The Hall–Kier alpha value is -2.83. The van der Waals surface area contributed by atoms with Crippen LogP contribution in [0.25, 0.3) is 0 Å². The summed E-state index contributed by atoms with van der Waals surface area (Å²) in [6.45, 7) is 0. The van der Waals surface area contributed by atoms with Crippen LogP contribution in [0, 0.1) is 0 Å². The van der Waals surface area contributed by atoms with E-state index in [1.165, 1.54) is 30.5 Å². The van der Waals surface area contributed by atoms with Gasteiger partial charge in [-0.1, -0.05) is 41.9 Å². The van der Waals surface area contributed by atoms with Crippen molar-refractivity contribution in [2.24, 2.45) is 5.10 Å². The fraction of sp³-hybridized carbons (Fsp3) is 0. The molecule has 0 unspecified atom stereocenters. The van der Waals surface area contributed by atoms with Crippen molar-refractivity contribution < 1.29 is 13.2 Å². The standard InChI is InChI=1S/C19H15ClN2O3S/c20-16-9-11-19(12-10-16)26(23,24)22-21-14-15-5-4-8-18(13-15)25-17-6-2-1-3-7-17/h1-14,22H/b21-14+. The zero-order valence-corrected chi connectivity index (χ0v) is 15.1. The predicted octanol–water partition coefficient (Wildman–Crippen LogP) is 4.44. The Morgan fingerprint density at radius 2 is 1.58 bits per heavy atom. The van der Waals surface area contributed by atoms with E-state index in [0.717, 1.165) is 0 Å². The van der Waals surface area contributed by atoms with E-state index in [1.54, 1.807) is 18.2 Å². The topological polar surface area (TPSA) is 67.8 Å². The minimum absolute atomic E-state index is 0.0835. The van der Waals surface area contributed by atoms with Crippen molar-refractivity contribution >= 4 is 27.8 Å². The minimum Gasteiger partial charge on any atom is -0.457 e. The van der Waals surface area contributed by atoms with E-state index in [0.29, 0.717) is 22.1 Å².